The molecule has 1 aliphatic rings. The lowest BCUT2D eigenvalue weighted by atomic mass is 10.0. The summed E-state index contributed by atoms with van der Waals surface area (Å²) in [4.78, 5) is 29.5. The summed E-state index contributed by atoms with van der Waals surface area (Å²) in [5.41, 5.74) is 8.90. The number of amides is 1. The Kier molecular flexibility index (Phi) is 10.5. The summed E-state index contributed by atoms with van der Waals surface area (Å²) in [6.45, 7) is 3.23. The van der Waals surface area contributed by atoms with Crippen LogP contribution in [0.3, 0.4) is 0 Å². The van der Waals surface area contributed by atoms with Gasteiger partial charge in [0, 0.05) is 44.8 Å². The number of nitrogens with one attached hydrogen (secondary N) is 2. The molecule has 1 amide bonds. The van der Waals surface area contributed by atoms with E-state index in [1.165, 1.54) is 0 Å². The van der Waals surface area contributed by atoms with E-state index in [2.05, 4.69) is 10.3 Å². The number of fused-ring (bicyclic) bond motifs is 1. The lowest BCUT2D eigenvalue weighted by Gasteiger charge is -2.35. The number of halogens is 2. The van der Waals surface area contributed by atoms with Crippen molar-refractivity contribution < 1.29 is 14.6 Å². The van der Waals surface area contributed by atoms with E-state index in [1.807, 2.05) is 23.1 Å². The smallest absolute Gasteiger partial charge is 0.305 e. The van der Waals surface area contributed by atoms with Gasteiger partial charge in [0.1, 0.15) is 11.3 Å². The minimum atomic E-state index is -0.252. The number of thiazole rings is 1. The van der Waals surface area contributed by atoms with Crippen LogP contribution in [0.1, 0.15) is 36.8 Å². The number of aryl methyl sites for hydroxylation is 1. The quantitative estimate of drug-likeness (QED) is 0.239. The van der Waals surface area contributed by atoms with Crippen LogP contribution in [0.4, 0.5) is 0 Å². The monoisotopic (exact) mass is 580 g/mol. The number of phenols is 1. The number of carbonyl (C=O) groups excluding carboxylic acids is 1. The molecule has 0 spiro atoms. The van der Waals surface area contributed by atoms with Crippen LogP contribution in [0.5, 0.6) is 5.75 Å². The van der Waals surface area contributed by atoms with Crippen LogP contribution >= 0.6 is 34.5 Å². The molecular formula is C27H34Cl2N4O4S. The molecular weight excluding hydrogens is 547 g/mol. The summed E-state index contributed by atoms with van der Waals surface area (Å²) in [6, 6.07) is 8.91. The number of aromatic nitrogens is 1. The third kappa shape index (κ3) is 7.71. The van der Waals surface area contributed by atoms with Gasteiger partial charge in [0.25, 0.3) is 0 Å². The number of nitrogens with zero attached hydrogens (tertiary/aromatic N) is 1. The summed E-state index contributed by atoms with van der Waals surface area (Å²) in [5, 5.41) is 14.5. The molecule has 11 heteroatoms. The molecule has 2 heterocycles. The van der Waals surface area contributed by atoms with Crippen molar-refractivity contribution in [1.82, 2.24) is 15.2 Å². The van der Waals surface area contributed by atoms with Crippen LogP contribution in [0, 0.1) is 0 Å². The number of benzene rings is 2. The Hall–Kier alpha value is -2.14. The fraction of sp³-hybridized carbons (Fsp3) is 0.481. The van der Waals surface area contributed by atoms with Gasteiger partial charge in [-0.2, -0.15) is 0 Å². The van der Waals surface area contributed by atoms with Crippen molar-refractivity contribution in [2.45, 2.75) is 50.6 Å². The van der Waals surface area contributed by atoms with Crippen LogP contribution in [0.15, 0.2) is 35.1 Å². The Balaban J connectivity index is 1.28. The molecule has 0 bridgehead atoms. The Morgan fingerprint density at radius 3 is 2.74 bits per heavy atom. The number of ether oxygens (including phenoxy) is 1. The first kappa shape index (κ1) is 28.9. The number of nitrogens with two attached hydrogens (primary N) is 1. The zero-order chi connectivity index (χ0) is 27.1. The molecule has 206 valence electrons. The predicted molar refractivity (Wildman–Crippen MR) is 154 cm³/mol. The van der Waals surface area contributed by atoms with Crippen molar-refractivity contribution >= 4 is 50.7 Å². The normalized spacial score (nSPS) is 15.1. The first-order valence-corrected chi connectivity index (χ1v) is 14.5. The molecule has 5 N–H and O–H groups in total. The first-order valence-electron chi connectivity index (χ1n) is 12.9. The van der Waals surface area contributed by atoms with Gasteiger partial charge in [-0.1, -0.05) is 46.7 Å². The lowest BCUT2D eigenvalue weighted by molar-refractivity contribution is -0.135. The van der Waals surface area contributed by atoms with Gasteiger partial charge < -0.3 is 30.8 Å². The van der Waals surface area contributed by atoms with Crippen molar-refractivity contribution in [2.24, 2.45) is 5.73 Å². The second-order valence-electron chi connectivity index (χ2n) is 9.64. The third-order valence-corrected chi connectivity index (χ3v) is 8.61. The van der Waals surface area contributed by atoms with Gasteiger partial charge in [-0.05, 0) is 68.0 Å². The zero-order valence-electron chi connectivity index (χ0n) is 21.2. The number of carbonyl (C=O) groups is 1. The molecule has 1 aliphatic heterocycles. The van der Waals surface area contributed by atoms with E-state index in [1.54, 1.807) is 12.1 Å². The second kappa shape index (κ2) is 13.8. The van der Waals surface area contributed by atoms with Crippen molar-refractivity contribution in [1.29, 1.82) is 0 Å². The number of phenolic OH excluding ortho intramolecular Hbond substituents is 1. The third-order valence-electron chi connectivity index (χ3n) is 6.92. The maximum absolute atomic E-state index is 13.3. The molecule has 1 fully saturated rings. The number of aromatic hydroxyl groups is 1. The Morgan fingerprint density at radius 2 is 1.97 bits per heavy atom. The maximum atomic E-state index is 13.3. The van der Waals surface area contributed by atoms with E-state index in [0.29, 0.717) is 61.3 Å². The lowest BCUT2D eigenvalue weighted by Crippen LogP contribution is -2.48. The van der Waals surface area contributed by atoms with Gasteiger partial charge in [0.2, 0.25) is 5.91 Å². The molecule has 4 rings (SSSR count). The van der Waals surface area contributed by atoms with Crippen molar-refractivity contribution in [3.8, 4) is 5.75 Å². The van der Waals surface area contributed by atoms with Crippen LogP contribution in [-0.2, 0) is 22.4 Å². The number of hydrogen-bond donors (Lipinski definition) is 4. The Morgan fingerprint density at radius 1 is 1.18 bits per heavy atom. The van der Waals surface area contributed by atoms with Gasteiger partial charge in [0.05, 0.1) is 14.7 Å². The van der Waals surface area contributed by atoms with Gasteiger partial charge in [0.15, 0.2) is 0 Å². The number of rotatable bonds is 12. The Labute approximate surface area is 236 Å². The molecule has 0 radical (unpaired) electrons. The van der Waals surface area contributed by atoms with Crippen LogP contribution in [0.25, 0.3) is 10.2 Å². The highest BCUT2D eigenvalue weighted by atomic mass is 35.5. The van der Waals surface area contributed by atoms with Crippen molar-refractivity contribution in [2.75, 3.05) is 32.8 Å². The molecule has 1 atom stereocenters. The van der Waals surface area contributed by atoms with Crippen LogP contribution in [-0.4, -0.2) is 65.8 Å². The molecule has 3 aromatic rings. The fourth-order valence-electron chi connectivity index (χ4n) is 4.82. The highest BCUT2D eigenvalue weighted by Gasteiger charge is 2.26. The number of hydrogen-bond acceptors (Lipinski definition) is 7. The SMILES string of the molecule is NC(CCc1ccc(Cl)c(Cl)c1)CC(=O)N(CCNCCc1ccc(O)c2[nH]c(=O)sc12)C1CCOCC1. The van der Waals surface area contributed by atoms with Gasteiger partial charge in [-0.15, -0.1) is 0 Å². The standard InChI is InChI=1S/C27H34Cl2N4O4S/c28-21-5-2-17(15-22(21)29)1-4-19(30)16-24(35)33(20-8-13-37-14-9-20)12-11-31-10-7-18-3-6-23(34)25-26(18)38-27(36)32-25/h2-3,5-6,15,19-20,31,34H,1,4,7-14,16,30H2,(H,32,36). The molecule has 1 saturated heterocycles. The average Bonchev–Trinajstić information content (AvgIpc) is 3.31. The van der Waals surface area contributed by atoms with Crippen molar-refractivity contribution in [3.05, 3.63) is 61.2 Å². The highest BCUT2D eigenvalue weighted by molar-refractivity contribution is 7.16. The predicted octanol–water partition coefficient (Wildman–Crippen LogP) is 4.09. The van der Waals surface area contributed by atoms with Crippen LogP contribution in [0.2, 0.25) is 10.0 Å². The van der Waals surface area contributed by atoms with Gasteiger partial charge in [-0.3, -0.25) is 9.59 Å². The van der Waals surface area contributed by atoms with E-state index in [9.17, 15) is 14.7 Å². The summed E-state index contributed by atoms with van der Waals surface area (Å²) in [5.74, 6) is 0.147. The molecule has 0 aliphatic carbocycles. The van der Waals surface area contributed by atoms with E-state index < -0.39 is 0 Å². The molecule has 38 heavy (non-hydrogen) atoms. The largest absolute Gasteiger partial charge is 0.506 e. The number of H-pyrrole nitrogens is 1. The maximum Gasteiger partial charge on any atom is 0.305 e. The topological polar surface area (TPSA) is 121 Å². The Bertz CT molecular complexity index is 1290. The van der Waals surface area contributed by atoms with Crippen LogP contribution < -0.4 is 15.9 Å². The summed E-state index contributed by atoms with van der Waals surface area (Å²) < 4.78 is 6.30. The van der Waals surface area contributed by atoms with E-state index in [-0.39, 0.29) is 35.0 Å². The van der Waals surface area contributed by atoms with Gasteiger partial charge >= 0.3 is 4.87 Å². The molecule has 1 unspecified atom stereocenters. The first-order chi connectivity index (χ1) is 18.3. The van der Waals surface area contributed by atoms with E-state index in [4.69, 9.17) is 33.7 Å². The summed E-state index contributed by atoms with van der Waals surface area (Å²) in [6.07, 6.45) is 4.04. The summed E-state index contributed by atoms with van der Waals surface area (Å²) in [7, 11) is 0. The minimum Gasteiger partial charge on any atom is -0.506 e. The fourth-order valence-corrected chi connectivity index (χ4v) is 6.03. The van der Waals surface area contributed by atoms with E-state index >= 15 is 0 Å². The van der Waals surface area contributed by atoms with Crippen molar-refractivity contribution in [3.63, 3.8) is 0 Å². The molecule has 1 aromatic heterocycles. The highest BCUT2D eigenvalue weighted by Crippen LogP contribution is 2.28. The second-order valence-corrected chi connectivity index (χ2v) is 11.4. The van der Waals surface area contributed by atoms with E-state index in [0.717, 1.165) is 46.4 Å². The average molecular weight is 582 g/mol. The summed E-state index contributed by atoms with van der Waals surface area (Å²) >= 11 is 13.2. The number of aromatic amines is 1. The molecule has 0 saturated carbocycles. The zero-order valence-corrected chi connectivity index (χ0v) is 23.5. The van der Waals surface area contributed by atoms with Gasteiger partial charge in [-0.25, -0.2) is 0 Å². The molecule has 8 nitrogen and oxygen atoms in total. The minimum absolute atomic E-state index is 0.0673. The molecule has 2 aromatic carbocycles.